The number of piperidine rings is 2. The van der Waals surface area contributed by atoms with E-state index in [0.717, 1.165) is 31.5 Å². The van der Waals surface area contributed by atoms with Crippen LogP contribution in [0.3, 0.4) is 0 Å². The van der Waals surface area contributed by atoms with Gasteiger partial charge in [-0.25, -0.2) is 0 Å². The molecule has 2 saturated heterocycles. The van der Waals surface area contributed by atoms with Crippen molar-refractivity contribution in [2.75, 3.05) is 13.1 Å². The predicted molar refractivity (Wildman–Crippen MR) is 96.8 cm³/mol. The Morgan fingerprint density at radius 2 is 1.68 bits per heavy atom. The third-order valence-corrected chi connectivity index (χ3v) is 6.56. The van der Waals surface area contributed by atoms with Crippen molar-refractivity contribution >= 4 is 23.6 Å². The molecule has 0 aliphatic carbocycles. The van der Waals surface area contributed by atoms with Gasteiger partial charge in [-0.05, 0) is 56.5 Å². The molecular formula is C20H21N3O5. The molecule has 28 heavy (non-hydrogen) atoms. The van der Waals surface area contributed by atoms with Crippen LogP contribution >= 0.6 is 0 Å². The molecule has 2 fully saturated rings. The van der Waals surface area contributed by atoms with E-state index >= 15 is 0 Å². The number of rotatable bonds is 1. The van der Waals surface area contributed by atoms with Crippen LogP contribution < -0.4 is 20.7 Å². The standard InChI is InChI=1S/C20H21N3O5/c24-16-2-1-11(17(25)22-16)14-8-10-7-12-13(19(27)23-18(12)26)9-15(10)28-20(14)3-5-21-6-4-20/h7,9,11,14,21H,1-6,8H2,(H,22,24,25)(H,23,26,27). The highest BCUT2D eigenvalue weighted by Crippen LogP contribution is 2.47. The second kappa shape index (κ2) is 6.13. The number of imide groups is 2. The van der Waals surface area contributed by atoms with Gasteiger partial charge in [-0.3, -0.25) is 29.8 Å². The van der Waals surface area contributed by atoms with Crippen molar-refractivity contribution in [3.8, 4) is 5.75 Å². The van der Waals surface area contributed by atoms with Crippen molar-refractivity contribution in [3.63, 3.8) is 0 Å². The van der Waals surface area contributed by atoms with Gasteiger partial charge in [0.15, 0.2) is 0 Å². The van der Waals surface area contributed by atoms with Crippen LogP contribution in [0.5, 0.6) is 5.75 Å². The molecule has 0 bridgehead atoms. The average Bonchev–Trinajstić information content (AvgIpc) is 2.94. The van der Waals surface area contributed by atoms with Gasteiger partial charge >= 0.3 is 0 Å². The smallest absolute Gasteiger partial charge is 0.259 e. The Balaban J connectivity index is 1.57. The largest absolute Gasteiger partial charge is 0.487 e. The summed E-state index contributed by atoms with van der Waals surface area (Å²) in [7, 11) is 0. The number of amides is 4. The van der Waals surface area contributed by atoms with Crippen molar-refractivity contribution in [2.45, 2.75) is 37.7 Å². The summed E-state index contributed by atoms with van der Waals surface area (Å²) in [4.78, 5) is 48.3. The van der Waals surface area contributed by atoms with Crippen molar-refractivity contribution in [3.05, 3.63) is 28.8 Å². The van der Waals surface area contributed by atoms with Gasteiger partial charge in [0.05, 0.1) is 11.1 Å². The van der Waals surface area contributed by atoms with Gasteiger partial charge in [0, 0.05) is 18.3 Å². The molecule has 3 N–H and O–H groups in total. The van der Waals surface area contributed by atoms with Crippen LogP contribution in [-0.2, 0) is 16.0 Å². The molecule has 4 amide bonds. The van der Waals surface area contributed by atoms with E-state index in [1.807, 2.05) is 0 Å². The van der Waals surface area contributed by atoms with Crippen LogP contribution in [0, 0.1) is 11.8 Å². The highest BCUT2D eigenvalue weighted by atomic mass is 16.5. The molecule has 1 spiro atoms. The quantitative estimate of drug-likeness (QED) is 0.601. The van der Waals surface area contributed by atoms with Gasteiger partial charge in [-0.15, -0.1) is 0 Å². The number of fused-ring (bicyclic) bond motifs is 2. The summed E-state index contributed by atoms with van der Waals surface area (Å²) in [6, 6.07) is 3.38. The minimum absolute atomic E-state index is 0.0894. The summed E-state index contributed by atoms with van der Waals surface area (Å²) in [6.07, 6.45) is 2.91. The molecule has 5 rings (SSSR count). The number of ether oxygens (including phenoxy) is 1. The first-order valence-corrected chi connectivity index (χ1v) is 9.73. The van der Waals surface area contributed by atoms with E-state index in [9.17, 15) is 19.2 Å². The first kappa shape index (κ1) is 17.4. The summed E-state index contributed by atoms with van der Waals surface area (Å²) in [5, 5.41) is 8.12. The first-order chi connectivity index (χ1) is 13.5. The van der Waals surface area contributed by atoms with Gasteiger partial charge in [0.2, 0.25) is 11.8 Å². The van der Waals surface area contributed by atoms with Crippen molar-refractivity contribution in [2.24, 2.45) is 11.8 Å². The number of carbonyl (C=O) groups is 4. The summed E-state index contributed by atoms with van der Waals surface area (Å²) >= 11 is 0. The topological polar surface area (TPSA) is 114 Å². The maximum absolute atomic E-state index is 12.6. The maximum Gasteiger partial charge on any atom is 0.259 e. The van der Waals surface area contributed by atoms with Crippen LogP contribution in [0.15, 0.2) is 12.1 Å². The number of hydrogen-bond acceptors (Lipinski definition) is 6. The molecule has 0 radical (unpaired) electrons. The SMILES string of the molecule is O=C1CCC(C2Cc3cc4c(cc3OC23CCNCC3)C(=O)NC4=O)C(=O)N1. The van der Waals surface area contributed by atoms with Crippen LogP contribution in [0.1, 0.15) is 52.0 Å². The van der Waals surface area contributed by atoms with Crippen LogP contribution in [0.25, 0.3) is 0 Å². The van der Waals surface area contributed by atoms with Gasteiger partial charge in [0.1, 0.15) is 11.4 Å². The third kappa shape index (κ3) is 2.55. The van der Waals surface area contributed by atoms with E-state index in [1.54, 1.807) is 12.1 Å². The number of carbonyl (C=O) groups excluding carboxylic acids is 4. The molecule has 4 heterocycles. The number of nitrogens with one attached hydrogen (secondary N) is 3. The third-order valence-electron chi connectivity index (χ3n) is 6.56. The lowest BCUT2D eigenvalue weighted by molar-refractivity contribution is -0.143. The first-order valence-electron chi connectivity index (χ1n) is 9.73. The Labute approximate surface area is 161 Å². The number of benzene rings is 1. The molecule has 2 unspecified atom stereocenters. The van der Waals surface area contributed by atoms with Gasteiger partial charge in [-0.1, -0.05) is 0 Å². The minimum Gasteiger partial charge on any atom is -0.487 e. The van der Waals surface area contributed by atoms with Crippen LogP contribution in [0.4, 0.5) is 0 Å². The summed E-state index contributed by atoms with van der Waals surface area (Å²) in [5.41, 5.74) is 1.01. The fraction of sp³-hybridized carbons (Fsp3) is 0.500. The Morgan fingerprint density at radius 1 is 0.964 bits per heavy atom. The molecule has 1 aromatic rings. The molecule has 4 aliphatic rings. The molecule has 2 atom stereocenters. The molecule has 0 aromatic heterocycles. The highest BCUT2D eigenvalue weighted by Gasteiger charge is 2.51. The van der Waals surface area contributed by atoms with Crippen LogP contribution in [0.2, 0.25) is 0 Å². The van der Waals surface area contributed by atoms with E-state index in [2.05, 4.69) is 16.0 Å². The second-order valence-corrected chi connectivity index (χ2v) is 8.07. The van der Waals surface area contributed by atoms with Crippen molar-refractivity contribution in [1.29, 1.82) is 0 Å². The lowest BCUT2D eigenvalue weighted by Crippen LogP contribution is -2.59. The monoisotopic (exact) mass is 383 g/mol. The Morgan fingerprint density at radius 3 is 2.39 bits per heavy atom. The lowest BCUT2D eigenvalue weighted by Gasteiger charge is -2.50. The predicted octanol–water partition coefficient (Wildman–Crippen LogP) is 0.296. The lowest BCUT2D eigenvalue weighted by atomic mass is 9.66. The summed E-state index contributed by atoms with van der Waals surface area (Å²) in [5.74, 6) is -1.05. The Bertz CT molecular complexity index is 919. The Kier molecular flexibility index (Phi) is 3.80. The van der Waals surface area contributed by atoms with Crippen molar-refractivity contribution in [1.82, 2.24) is 16.0 Å². The molecule has 8 heteroatoms. The van der Waals surface area contributed by atoms with E-state index < -0.39 is 17.4 Å². The normalized spacial score (nSPS) is 28.3. The van der Waals surface area contributed by atoms with Gasteiger partial charge in [-0.2, -0.15) is 0 Å². The fourth-order valence-electron chi connectivity index (χ4n) is 5.14. The summed E-state index contributed by atoms with van der Waals surface area (Å²) in [6.45, 7) is 1.56. The zero-order valence-corrected chi connectivity index (χ0v) is 15.3. The van der Waals surface area contributed by atoms with Crippen LogP contribution in [-0.4, -0.2) is 42.3 Å². The molecular weight excluding hydrogens is 362 g/mol. The molecule has 8 nitrogen and oxygen atoms in total. The van der Waals surface area contributed by atoms with Gasteiger partial charge < -0.3 is 10.1 Å². The summed E-state index contributed by atoms with van der Waals surface area (Å²) < 4.78 is 6.51. The van der Waals surface area contributed by atoms with E-state index in [-0.39, 0.29) is 23.7 Å². The zero-order valence-electron chi connectivity index (χ0n) is 15.3. The minimum atomic E-state index is -0.520. The maximum atomic E-state index is 12.6. The highest BCUT2D eigenvalue weighted by molar-refractivity contribution is 6.21. The number of hydrogen-bond donors (Lipinski definition) is 3. The Hall–Kier alpha value is -2.74. The van der Waals surface area contributed by atoms with E-state index in [1.165, 1.54) is 0 Å². The van der Waals surface area contributed by atoms with Gasteiger partial charge in [0.25, 0.3) is 11.8 Å². The molecule has 4 aliphatic heterocycles. The second-order valence-electron chi connectivity index (χ2n) is 8.07. The molecule has 0 saturated carbocycles. The van der Waals surface area contributed by atoms with E-state index in [0.29, 0.717) is 36.1 Å². The zero-order chi connectivity index (χ0) is 19.5. The van der Waals surface area contributed by atoms with E-state index in [4.69, 9.17) is 4.74 Å². The fourth-order valence-corrected chi connectivity index (χ4v) is 5.14. The average molecular weight is 383 g/mol. The molecule has 1 aromatic carbocycles. The van der Waals surface area contributed by atoms with Crippen molar-refractivity contribution < 1.29 is 23.9 Å². The molecule has 146 valence electrons.